The minimum Gasteiger partial charge on any atom is -0.496 e. The van der Waals surface area contributed by atoms with E-state index in [1.54, 1.807) is 0 Å². The van der Waals surface area contributed by atoms with E-state index in [2.05, 4.69) is 20.7 Å². The van der Waals surface area contributed by atoms with Crippen LogP contribution in [0.2, 0.25) is 0 Å². The summed E-state index contributed by atoms with van der Waals surface area (Å²) in [5.41, 5.74) is -0.160. The van der Waals surface area contributed by atoms with Gasteiger partial charge in [-0.25, -0.2) is 9.18 Å². The zero-order chi connectivity index (χ0) is 10.7. The first kappa shape index (κ1) is 11.0. The van der Waals surface area contributed by atoms with Crippen LogP contribution in [-0.4, -0.2) is 20.2 Å². The van der Waals surface area contributed by atoms with E-state index in [9.17, 15) is 9.18 Å². The summed E-state index contributed by atoms with van der Waals surface area (Å²) in [6.45, 7) is 0. The Balaban J connectivity index is 3.32. The van der Waals surface area contributed by atoms with E-state index in [4.69, 9.17) is 4.74 Å². The quantitative estimate of drug-likeness (QED) is 0.768. The maximum absolute atomic E-state index is 13.2. The molecule has 1 aromatic carbocycles. The van der Waals surface area contributed by atoms with Crippen LogP contribution < -0.4 is 4.74 Å². The van der Waals surface area contributed by atoms with E-state index < -0.39 is 11.8 Å². The SMILES string of the molecule is COC(=O)c1c(F)ccc(OC)c1Br. The van der Waals surface area contributed by atoms with E-state index in [1.807, 2.05) is 0 Å². The number of hydrogen-bond donors (Lipinski definition) is 0. The first-order valence-electron chi connectivity index (χ1n) is 3.72. The first-order valence-corrected chi connectivity index (χ1v) is 4.51. The molecule has 0 aliphatic heterocycles. The Labute approximate surface area is 88.9 Å². The highest BCUT2D eigenvalue weighted by Crippen LogP contribution is 2.30. The number of halogens is 2. The highest BCUT2D eigenvalue weighted by atomic mass is 79.9. The van der Waals surface area contributed by atoms with E-state index in [0.717, 1.165) is 6.07 Å². The molecule has 3 nitrogen and oxygen atoms in total. The zero-order valence-electron chi connectivity index (χ0n) is 7.64. The molecular formula is C9H8BrFO3. The molecular weight excluding hydrogens is 255 g/mol. The summed E-state index contributed by atoms with van der Waals surface area (Å²) in [6.07, 6.45) is 0. The Morgan fingerprint density at radius 3 is 2.57 bits per heavy atom. The molecule has 0 aromatic heterocycles. The second-order valence-electron chi connectivity index (χ2n) is 2.43. The van der Waals surface area contributed by atoms with Crippen molar-refractivity contribution in [3.05, 3.63) is 28.0 Å². The number of carbonyl (C=O) groups excluding carboxylic acids is 1. The second kappa shape index (κ2) is 4.41. The van der Waals surface area contributed by atoms with Gasteiger partial charge in [0.05, 0.1) is 18.7 Å². The van der Waals surface area contributed by atoms with Gasteiger partial charge in [-0.3, -0.25) is 0 Å². The molecule has 0 atom stereocenters. The molecule has 0 N–H and O–H groups in total. The van der Waals surface area contributed by atoms with Gasteiger partial charge in [-0.2, -0.15) is 0 Å². The molecule has 0 radical (unpaired) electrons. The molecule has 0 saturated heterocycles. The Morgan fingerprint density at radius 1 is 1.43 bits per heavy atom. The van der Waals surface area contributed by atoms with Crippen LogP contribution in [0, 0.1) is 5.82 Å². The summed E-state index contributed by atoms with van der Waals surface area (Å²) in [5.74, 6) is -1.01. The van der Waals surface area contributed by atoms with Crippen LogP contribution in [-0.2, 0) is 4.74 Å². The number of rotatable bonds is 2. The molecule has 1 rings (SSSR count). The van der Waals surface area contributed by atoms with Gasteiger partial charge in [0.15, 0.2) is 0 Å². The van der Waals surface area contributed by atoms with Crippen molar-refractivity contribution in [3.63, 3.8) is 0 Å². The molecule has 0 bridgehead atoms. The highest BCUT2D eigenvalue weighted by Gasteiger charge is 2.19. The minimum atomic E-state index is -0.742. The molecule has 0 heterocycles. The first-order chi connectivity index (χ1) is 6.61. The Kier molecular flexibility index (Phi) is 3.46. The molecule has 0 aliphatic rings. The second-order valence-corrected chi connectivity index (χ2v) is 3.22. The average molecular weight is 263 g/mol. The Bertz CT molecular complexity index is 365. The van der Waals surface area contributed by atoms with Gasteiger partial charge in [0, 0.05) is 0 Å². The standard InChI is InChI=1S/C9H8BrFO3/c1-13-6-4-3-5(11)7(8(6)10)9(12)14-2/h3-4H,1-2H3. The molecule has 0 saturated carbocycles. The van der Waals surface area contributed by atoms with E-state index in [-0.39, 0.29) is 10.0 Å². The Morgan fingerprint density at radius 2 is 2.07 bits per heavy atom. The topological polar surface area (TPSA) is 35.5 Å². The van der Waals surface area contributed by atoms with Gasteiger partial charge >= 0.3 is 5.97 Å². The van der Waals surface area contributed by atoms with E-state index in [0.29, 0.717) is 5.75 Å². The maximum Gasteiger partial charge on any atom is 0.342 e. The van der Waals surface area contributed by atoms with Gasteiger partial charge < -0.3 is 9.47 Å². The van der Waals surface area contributed by atoms with Gasteiger partial charge in [0.2, 0.25) is 0 Å². The number of benzene rings is 1. The average Bonchev–Trinajstić information content (AvgIpc) is 2.18. The fourth-order valence-corrected chi connectivity index (χ4v) is 1.63. The summed E-state index contributed by atoms with van der Waals surface area (Å²) < 4.78 is 22.8. The van der Waals surface area contributed by atoms with Crippen molar-refractivity contribution in [2.45, 2.75) is 0 Å². The molecule has 14 heavy (non-hydrogen) atoms. The summed E-state index contributed by atoms with van der Waals surface area (Å²) in [6, 6.07) is 2.57. The van der Waals surface area contributed by atoms with Crippen molar-refractivity contribution in [1.29, 1.82) is 0 Å². The van der Waals surface area contributed by atoms with Gasteiger partial charge in [-0.1, -0.05) is 0 Å². The molecule has 5 heteroatoms. The monoisotopic (exact) mass is 262 g/mol. The third kappa shape index (κ3) is 1.87. The molecule has 0 spiro atoms. The lowest BCUT2D eigenvalue weighted by Gasteiger charge is -2.07. The maximum atomic E-state index is 13.2. The number of esters is 1. The smallest absolute Gasteiger partial charge is 0.342 e. The lowest BCUT2D eigenvalue weighted by atomic mass is 10.2. The van der Waals surface area contributed by atoms with Crippen molar-refractivity contribution < 1.29 is 18.7 Å². The Hall–Kier alpha value is -1.10. The molecule has 0 fully saturated rings. The van der Waals surface area contributed by atoms with Crippen molar-refractivity contribution in [2.75, 3.05) is 14.2 Å². The van der Waals surface area contributed by atoms with Crippen LogP contribution >= 0.6 is 15.9 Å². The number of hydrogen-bond acceptors (Lipinski definition) is 3. The molecule has 1 aromatic rings. The highest BCUT2D eigenvalue weighted by molar-refractivity contribution is 9.10. The van der Waals surface area contributed by atoms with Crippen LogP contribution in [0.1, 0.15) is 10.4 Å². The van der Waals surface area contributed by atoms with Crippen LogP contribution in [0.15, 0.2) is 16.6 Å². The van der Waals surface area contributed by atoms with Crippen LogP contribution in [0.4, 0.5) is 4.39 Å². The van der Waals surface area contributed by atoms with Crippen LogP contribution in [0.25, 0.3) is 0 Å². The van der Waals surface area contributed by atoms with Crippen molar-refractivity contribution in [1.82, 2.24) is 0 Å². The summed E-state index contributed by atoms with van der Waals surface area (Å²) in [7, 11) is 2.62. The van der Waals surface area contributed by atoms with E-state index in [1.165, 1.54) is 20.3 Å². The van der Waals surface area contributed by atoms with Crippen LogP contribution in [0.3, 0.4) is 0 Å². The van der Waals surface area contributed by atoms with Gasteiger partial charge in [-0.15, -0.1) is 0 Å². The van der Waals surface area contributed by atoms with Crippen molar-refractivity contribution in [2.24, 2.45) is 0 Å². The normalized spacial score (nSPS) is 9.71. The van der Waals surface area contributed by atoms with Gasteiger partial charge in [-0.05, 0) is 28.1 Å². The molecule has 0 unspecified atom stereocenters. The molecule has 76 valence electrons. The molecule has 0 aliphatic carbocycles. The lowest BCUT2D eigenvalue weighted by Crippen LogP contribution is -2.06. The van der Waals surface area contributed by atoms with Crippen LogP contribution in [0.5, 0.6) is 5.75 Å². The third-order valence-corrected chi connectivity index (χ3v) is 2.45. The number of carbonyl (C=O) groups is 1. The predicted molar refractivity (Wildman–Crippen MR) is 52.0 cm³/mol. The molecule has 0 amide bonds. The third-order valence-electron chi connectivity index (χ3n) is 1.67. The summed E-state index contributed by atoms with van der Waals surface area (Å²) in [4.78, 5) is 11.2. The fourth-order valence-electron chi connectivity index (χ4n) is 0.980. The van der Waals surface area contributed by atoms with E-state index >= 15 is 0 Å². The summed E-state index contributed by atoms with van der Waals surface area (Å²) in [5, 5.41) is 0. The summed E-state index contributed by atoms with van der Waals surface area (Å²) >= 11 is 3.07. The number of methoxy groups -OCH3 is 2. The fraction of sp³-hybridized carbons (Fsp3) is 0.222. The van der Waals surface area contributed by atoms with Crippen molar-refractivity contribution >= 4 is 21.9 Å². The van der Waals surface area contributed by atoms with Crippen molar-refractivity contribution in [3.8, 4) is 5.75 Å². The minimum absolute atomic E-state index is 0.160. The number of ether oxygens (including phenoxy) is 2. The largest absolute Gasteiger partial charge is 0.496 e. The lowest BCUT2D eigenvalue weighted by molar-refractivity contribution is 0.0594. The van der Waals surface area contributed by atoms with Gasteiger partial charge in [0.1, 0.15) is 17.1 Å². The van der Waals surface area contributed by atoms with Gasteiger partial charge in [0.25, 0.3) is 0 Å². The predicted octanol–water partition coefficient (Wildman–Crippen LogP) is 2.38. The zero-order valence-corrected chi connectivity index (χ0v) is 9.22.